The molecule has 0 aliphatic carbocycles. The molecule has 0 aliphatic rings. The molecule has 0 spiro atoms. The van der Waals surface area contributed by atoms with Crippen molar-refractivity contribution in [3.63, 3.8) is 0 Å². The minimum absolute atomic E-state index is 0.105. The van der Waals surface area contributed by atoms with Gasteiger partial charge in [-0.2, -0.15) is 0 Å². The Morgan fingerprint density at radius 2 is 0.885 bits per heavy atom. The smallest absolute Gasteiger partial charge is 0.172 e. The van der Waals surface area contributed by atoms with E-state index in [-0.39, 0.29) is 15.5 Å². The number of phenolic OH excluding ortho intramolecular Hbond substituents is 1. The summed E-state index contributed by atoms with van der Waals surface area (Å²) in [5.41, 5.74) is 1.12. The van der Waals surface area contributed by atoms with Crippen LogP contribution in [-0.4, -0.2) is 5.11 Å². The van der Waals surface area contributed by atoms with E-state index in [0.29, 0.717) is 16.0 Å². The normalized spacial score (nSPS) is 11.2. The summed E-state index contributed by atoms with van der Waals surface area (Å²) >= 11 is 0. The van der Waals surface area contributed by atoms with Gasteiger partial charge in [0.15, 0.2) is 14.7 Å². The van der Waals surface area contributed by atoms with E-state index in [1.807, 2.05) is 0 Å². The van der Waals surface area contributed by atoms with Crippen molar-refractivity contribution in [1.29, 1.82) is 0 Å². The molecule has 0 aliphatic heterocycles. The highest BCUT2D eigenvalue weighted by atomic mass is 32.2. The molecule has 1 N–H and O–H groups in total. The van der Waals surface area contributed by atoms with E-state index >= 15 is 0 Å². The van der Waals surface area contributed by atoms with Gasteiger partial charge in [-0.1, -0.05) is 0 Å². The first kappa shape index (κ1) is 18.3. The summed E-state index contributed by atoms with van der Waals surface area (Å²) in [4.78, 5) is 1.08. The van der Waals surface area contributed by atoms with Crippen molar-refractivity contribution < 1.29 is 22.7 Å². The standard InChI is InChI=1S/C20H14F4OS/c1-11-3-17(4-12(2)20(11)25)26(18-7-13(21)5-14(22)8-18)19-9-15(23)6-16(24)10-19/h3-10H,1-2H3/p+1. The van der Waals surface area contributed by atoms with Gasteiger partial charge in [0, 0.05) is 48.5 Å². The molecule has 0 heterocycles. The van der Waals surface area contributed by atoms with Crippen LogP contribution in [0.1, 0.15) is 11.1 Å². The van der Waals surface area contributed by atoms with Gasteiger partial charge in [-0.25, -0.2) is 17.6 Å². The summed E-state index contributed by atoms with van der Waals surface area (Å²) in [5, 5.41) is 9.99. The van der Waals surface area contributed by atoms with Crippen molar-refractivity contribution in [2.75, 3.05) is 0 Å². The second-order valence-corrected chi connectivity index (χ2v) is 7.95. The molecule has 1 nitrogen and oxygen atoms in total. The van der Waals surface area contributed by atoms with Crippen LogP contribution in [0.5, 0.6) is 5.75 Å². The molecule has 0 saturated carbocycles. The van der Waals surface area contributed by atoms with E-state index in [1.54, 1.807) is 26.0 Å². The SMILES string of the molecule is Cc1cc([S+](c2cc(F)cc(F)c2)c2cc(F)cc(F)c2)cc(C)c1O. The molecule has 0 saturated heterocycles. The minimum atomic E-state index is -1.16. The molecule has 26 heavy (non-hydrogen) atoms. The maximum absolute atomic E-state index is 13.8. The summed E-state index contributed by atoms with van der Waals surface area (Å²) in [6, 6.07) is 9.36. The monoisotopic (exact) mass is 379 g/mol. The summed E-state index contributed by atoms with van der Waals surface area (Å²) < 4.78 is 55.1. The third kappa shape index (κ3) is 3.70. The zero-order valence-corrected chi connectivity index (χ0v) is 14.8. The van der Waals surface area contributed by atoms with Gasteiger partial charge in [0.05, 0.1) is 10.9 Å². The van der Waals surface area contributed by atoms with Gasteiger partial charge in [-0.3, -0.25) is 0 Å². The Kier molecular flexibility index (Phi) is 4.96. The highest BCUT2D eigenvalue weighted by Gasteiger charge is 2.32. The van der Waals surface area contributed by atoms with Crippen LogP contribution in [0.4, 0.5) is 17.6 Å². The summed E-state index contributed by atoms with van der Waals surface area (Å²) in [5.74, 6) is -3.00. The summed E-state index contributed by atoms with van der Waals surface area (Å²) in [7, 11) is -1.16. The van der Waals surface area contributed by atoms with E-state index < -0.39 is 34.2 Å². The number of rotatable bonds is 3. The molecule has 3 aromatic rings. The van der Waals surface area contributed by atoms with Crippen molar-refractivity contribution in [1.82, 2.24) is 0 Å². The van der Waals surface area contributed by atoms with E-state index in [9.17, 15) is 22.7 Å². The van der Waals surface area contributed by atoms with Crippen molar-refractivity contribution in [2.45, 2.75) is 28.5 Å². The van der Waals surface area contributed by atoms with Crippen molar-refractivity contribution in [2.24, 2.45) is 0 Å². The molecule has 3 rings (SSSR count). The number of hydrogen-bond donors (Lipinski definition) is 1. The predicted molar refractivity (Wildman–Crippen MR) is 92.5 cm³/mol. The minimum Gasteiger partial charge on any atom is -0.507 e. The third-order valence-corrected chi connectivity index (χ3v) is 5.97. The zero-order chi connectivity index (χ0) is 19.0. The maximum Gasteiger partial charge on any atom is 0.172 e. The number of aromatic hydroxyl groups is 1. The van der Waals surface area contributed by atoms with Crippen LogP contribution < -0.4 is 0 Å². The lowest BCUT2D eigenvalue weighted by Crippen LogP contribution is -2.08. The van der Waals surface area contributed by atoms with E-state index in [4.69, 9.17) is 0 Å². The van der Waals surface area contributed by atoms with Crippen LogP contribution in [0, 0.1) is 37.1 Å². The van der Waals surface area contributed by atoms with Crippen molar-refractivity contribution >= 4 is 10.9 Å². The number of aryl methyl sites for hydroxylation is 2. The van der Waals surface area contributed by atoms with Gasteiger partial charge in [-0.05, 0) is 25.0 Å². The first-order valence-electron chi connectivity index (χ1n) is 7.71. The lowest BCUT2D eigenvalue weighted by molar-refractivity contribution is 0.466. The Morgan fingerprint density at radius 1 is 0.577 bits per heavy atom. The lowest BCUT2D eigenvalue weighted by atomic mass is 10.1. The third-order valence-electron chi connectivity index (χ3n) is 3.84. The Bertz CT molecular complexity index is 873. The van der Waals surface area contributed by atoms with Crippen LogP contribution in [0.15, 0.2) is 63.2 Å². The fourth-order valence-electron chi connectivity index (χ4n) is 2.74. The summed E-state index contributed by atoms with van der Waals surface area (Å²) in [6.07, 6.45) is 0. The Balaban J connectivity index is 2.28. The van der Waals surface area contributed by atoms with Crippen LogP contribution >= 0.6 is 0 Å². The zero-order valence-electron chi connectivity index (χ0n) is 14.0. The molecule has 0 fully saturated rings. The quantitative estimate of drug-likeness (QED) is 0.460. The molecule has 0 amide bonds. The van der Waals surface area contributed by atoms with Crippen LogP contribution in [0.25, 0.3) is 0 Å². The fourth-order valence-corrected chi connectivity index (χ4v) is 5.06. The fraction of sp³-hybridized carbons (Fsp3) is 0.100. The van der Waals surface area contributed by atoms with Gasteiger partial charge >= 0.3 is 0 Å². The first-order valence-corrected chi connectivity index (χ1v) is 8.94. The molecule has 0 radical (unpaired) electrons. The van der Waals surface area contributed by atoms with Gasteiger partial charge in [0.25, 0.3) is 0 Å². The van der Waals surface area contributed by atoms with Gasteiger partial charge in [0.1, 0.15) is 29.0 Å². The molecule has 134 valence electrons. The lowest BCUT2D eigenvalue weighted by Gasteiger charge is -2.11. The number of hydrogen-bond acceptors (Lipinski definition) is 1. The van der Waals surface area contributed by atoms with E-state index in [1.165, 1.54) is 0 Å². The van der Waals surface area contributed by atoms with Gasteiger partial charge in [-0.15, -0.1) is 0 Å². The summed E-state index contributed by atoms with van der Waals surface area (Å²) in [6.45, 7) is 3.37. The second-order valence-electron chi connectivity index (χ2n) is 5.92. The second kappa shape index (κ2) is 7.03. The first-order chi connectivity index (χ1) is 12.2. The van der Waals surface area contributed by atoms with E-state index in [0.717, 1.165) is 36.4 Å². The van der Waals surface area contributed by atoms with Crippen LogP contribution in [0.2, 0.25) is 0 Å². The highest BCUT2D eigenvalue weighted by molar-refractivity contribution is 7.97. The van der Waals surface area contributed by atoms with Crippen molar-refractivity contribution in [3.8, 4) is 5.75 Å². The molecule has 0 bridgehead atoms. The average Bonchev–Trinajstić information content (AvgIpc) is 2.51. The van der Waals surface area contributed by atoms with Crippen LogP contribution in [-0.2, 0) is 10.9 Å². The topological polar surface area (TPSA) is 20.2 Å². The molecular weight excluding hydrogens is 364 g/mol. The van der Waals surface area contributed by atoms with Gasteiger partial charge < -0.3 is 5.11 Å². The van der Waals surface area contributed by atoms with Crippen molar-refractivity contribution in [3.05, 3.63) is 82.9 Å². The molecule has 6 heteroatoms. The Hall–Kier alpha value is -2.47. The Labute approximate surface area is 151 Å². The molecule has 0 atom stereocenters. The molecule has 0 aromatic heterocycles. The maximum atomic E-state index is 13.8. The molecule has 0 unspecified atom stereocenters. The molecular formula is C20H15F4OS+. The Morgan fingerprint density at radius 3 is 1.23 bits per heavy atom. The van der Waals surface area contributed by atoms with Gasteiger partial charge in [0.2, 0.25) is 0 Å². The predicted octanol–water partition coefficient (Wildman–Crippen LogP) is 5.66. The molecule has 3 aromatic carbocycles. The van der Waals surface area contributed by atoms with Crippen LogP contribution in [0.3, 0.4) is 0 Å². The van der Waals surface area contributed by atoms with E-state index in [2.05, 4.69) is 0 Å². The number of phenols is 1. The average molecular weight is 379 g/mol. The number of halogens is 4. The largest absolute Gasteiger partial charge is 0.507 e. The highest BCUT2D eigenvalue weighted by Crippen LogP contribution is 2.36. The number of benzene rings is 3.